The van der Waals surface area contributed by atoms with E-state index >= 15 is 0 Å². The Balaban J connectivity index is 2.05. The third-order valence-electron chi connectivity index (χ3n) is 2.46. The van der Waals surface area contributed by atoms with Crippen LogP contribution in [0.2, 0.25) is 0 Å². The van der Waals surface area contributed by atoms with Crippen LogP contribution in [-0.4, -0.2) is 27.6 Å². The van der Waals surface area contributed by atoms with Gasteiger partial charge < -0.3 is 10.6 Å². The Morgan fingerprint density at radius 2 is 2.24 bits per heavy atom. The summed E-state index contributed by atoms with van der Waals surface area (Å²) < 4.78 is 0. The zero-order valence-electron chi connectivity index (χ0n) is 11.2. The molecule has 0 fully saturated rings. The molecule has 0 atom stereocenters. The van der Waals surface area contributed by atoms with E-state index in [1.807, 2.05) is 6.92 Å². The van der Waals surface area contributed by atoms with E-state index in [0.717, 1.165) is 24.3 Å². The first-order chi connectivity index (χ1) is 10.1. The van der Waals surface area contributed by atoms with Gasteiger partial charge in [0, 0.05) is 24.4 Å². The summed E-state index contributed by atoms with van der Waals surface area (Å²) in [6, 6.07) is 5.72. The van der Waals surface area contributed by atoms with Gasteiger partial charge in [0.1, 0.15) is 0 Å². The van der Waals surface area contributed by atoms with Crippen molar-refractivity contribution < 1.29 is 9.72 Å². The fourth-order valence-electron chi connectivity index (χ4n) is 1.50. The quantitative estimate of drug-likeness (QED) is 0.626. The summed E-state index contributed by atoms with van der Waals surface area (Å²) >= 11 is 1.13. The Kier molecular flexibility index (Phi) is 4.77. The van der Waals surface area contributed by atoms with E-state index in [0.29, 0.717) is 10.8 Å². The fraction of sp³-hybridized carbons (Fsp3) is 0.250. The summed E-state index contributed by atoms with van der Waals surface area (Å²) in [6.45, 7) is 2.77. The lowest BCUT2D eigenvalue weighted by Gasteiger charge is -2.01. The van der Waals surface area contributed by atoms with E-state index in [2.05, 4.69) is 20.8 Å². The minimum Gasteiger partial charge on any atom is -0.360 e. The molecular weight excluding hydrogens is 294 g/mol. The number of aromatic nitrogens is 2. The average molecular weight is 307 g/mol. The molecule has 2 N–H and O–H groups in total. The molecule has 21 heavy (non-hydrogen) atoms. The lowest BCUT2D eigenvalue weighted by molar-refractivity contribution is -0.384. The summed E-state index contributed by atoms with van der Waals surface area (Å²) in [6.07, 6.45) is 0.939. The molecule has 9 heteroatoms. The summed E-state index contributed by atoms with van der Waals surface area (Å²) in [5, 5.41) is 24.7. The minimum absolute atomic E-state index is 0.0876. The van der Waals surface area contributed by atoms with E-state index < -0.39 is 10.8 Å². The number of carbonyl (C=O) groups is 1. The van der Waals surface area contributed by atoms with Gasteiger partial charge in [-0.25, -0.2) is 0 Å². The number of nitrogens with zero attached hydrogens (tertiary/aromatic N) is 3. The molecule has 1 aromatic heterocycles. The predicted octanol–water partition coefficient (Wildman–Crippen LogP) is 2.52. The molecule has 0 radical (unpaired) electrons. The minimum atomic E-state index is -0.520. The Bertz CT molecular complexity index is 658. The van der Waals surface area contributed by atoms with Crippen molar-refractivity contribution in [3.05, 3.63) is 39.4 Å². The maximum absolute atomic E-state index is 12.0. The van der Waals surface area contributed by atoms with E-state index in [9.17, 15) is 14.9 Å². The third-order valence-corrected chi connectivity index (χ3v) is 3.34. The normalized spacial score (nSPS) is 10.1. The summed E-state index contributed by atoms with van der Waals surface area (Å²) in [4.78, 5) is 22.1. The lowest BCUT2D eigenvalue weighted by atomic mass is 10.3. The Labute approximate surface area is 124 Å². The Hall–Kier alpha value is -2.55. The van der Waals surface area contributed by atoms with Crippen LogP contribution in [-0.2, 0) is 0 Å². The predicted molar refractivity (Wildman–Crippen MR) is 79.7 cm³/mol. The van der Waals surface area contributed by atoms with Gasteiger partial charge >= 0.3 is 0 Å². The SMILES string of the molecule is CCCNc1nnc(C(=O)Nc2cccc([N+](=O)[O-])c2)s1. The van der Waals surface area contributed by atoms with Crippen LogP contribution in [0.25, 0.3) is 0 Å². The second kappa shape index (κ2) is 6.75. The van der Waals surface area contributed by atoms with E-state index in [1.54, 1.807) is 6.07 Å². The van der Waals surface area contributed by atoms with Gasteiger partial charge in [-0.15, -0.1) is 10.2 Å². The number of hydrogen-bond donors (Lipinski definition) is 2. The van der Waals surface area contributed by atoms with Gasteiger partial charge in [0.15, 0.2) is 0 Å². The van der Waals surface area contributed by atoms with Gasteiger partial charge in [0.25, 0.3) is 11.6 Å². The highest BCUT2D eigenvalue weighted by molar-refractivity contribution is 7.17. The second-order valence-electron chi connectivity index (χ2n) is 4.10. The van der Waals surface area contributed by atoms with Crippen LogP contribution >= 0.6 is 11.3 Å². The number of carbonyl (C=O) groups excluding carboxylic acids is 1. The number of benzene rings is 1. The van der Waals surface area contributed by atoms with Crippen molar-refractivity contribution in [2.45, 2.75) is 13.3 Å². The van der Waals surface area contributed by atoms with Gasteiger partial charge in [0.2, 0.25) is 10.1 Å². The second-order valence-corrected chi connectivity index (χ2v) is 5.08. The Morgan fingerprint density at radius 3 is 2.95 bits per heavy atom. The maximum atomic E-state index is 12.0. The van der Waals surface area contributed by atoms with Crippen LogP contribution < -0.4 is 10.6 Å². The molecule has 0 bridgehead atoms. The first-order valence-corrected chi connectivity index (χ1v) is 7.05. The molecule has 0 spiro atoms. The molecule has 110 valence electrons. The number of anilines is 2. The van der Waals surface area contributed by atoms with Gasteiger partial charge in [-0.05, 0) is 12.5 Å². The molecule has 0 aliphatic carbocycles. The van der Waals surface area contributed by atoms with E-state index in [1.165, 1.54) is 18.2 Å². The van der Waals surface area contributed by atoms with Crippen molar-refractivity contribution in [3.8, 4) is 0 Å². The first-order valence-electron chi connectivity index (χ1n) is 6.23. The van der Waals surface area contributed by atoms with Crippen molar-refractivity contribution in [1.82, 2.24) is 10.2 Å². The molecule has 1 aromatic carbocycles. The third kappa shape index (κ3) is 3.96. The molecular formula is C12H13N5O3S. The monoisotopic (exact) mass is 307 g/mol. The van der Waals surface area contributed by atoms with Gasteiger partial charge in [0.05, 0.1) is 4.92 Å². The Morgan fingerprint density at radius 1 is 1.43 bits per heavy atom. The smallest absolute Gasteiger partial charge is 0.286 e. The number of nitrogens with one attached hydrogen (secondary N) is 2. The highest BCUT2D eigenvalue weighted by Crippen LogP contribution is 2.20. The zero-order valence-corrected chi connectivity index (χ0v) is 12.0. The van der Waals surface area contributed by atoms with Crippen LogP contribution in [0.5, 0.6) is 0 Å². The standard InChI is InChI=1S/C12H13N5O3S/c1-2-6-13-12-16-15-11(21-12)10(18)14-8-4-3-5-9(7-8)17(19)20/h3-5,7H,2,6H2,1H3,(H,13,16)(H,14,18). The van der Waals surface area contributed by atoms with Crippen molar-refractivity contribution >= 4 is 33.8 Å². The number of amides is 1. The van der Waals surface area contributed by atoms with Crippen molar-refractivity contribution in [2.24, 2.45) is 0 Å². The summed E-state index contributed by atoms with van der Waals surface area (Å²) in [7, 11) is 0. The largest absolute Gasteiger partial charge is 0.360 e. The highest BCUT2D eigenvalue weighted by atomic mass is 32.1. The fourth-order valence-corrected chi connectivity index (χ4v) is 2.16. The van der Waals surface area contributed by atoms with Gasteiger partial charge in [-0.2, -0.15) is 0 Å². The zero-order chi connectivity index (χ0) is 15.2. The average Bonchev–Trinajstić information content (AvgIpc) is 2.94. The van der Waals surface area contributed by atoms with Crippen LogP contribution in [0.1, 0.15) is 23.1 Å². The highest BCUT2D eigenvalue weighted by Gasteiger charge is 2.14. The van der Waals surface area contributed by atoms with Crippen LogP contribution in [0, 0.1) is 10.1 Å². The number of nitro groups is 1. The molecule has 0 saturated carbocycles. The van der Waals surface area contributed by atoms with Crippen molar-refractivity contribution in [3.63, 3.8) is 0 Å². The maximum Gasteiger partial charge on any atom is 0.286 e. The molecule has 1 heterocycles. The first kappa shape index (κ1) is 14.9. The number of rotatable bonds is 6. The van der Waals surface area contributed by atoms with Crippen molar-refractivity contribution in [2.75, 3.05) is 17.2 Å². The topological polar surface area (TPSA) is 110 Å². The van der Waals surface area contributed by atoms with Crippen LogP contribution in [0.3, 0.4) is 0 Å². The molecule has 8 nitrogen and oxygen atoms in total. The number of hydrogen-bond acceptors (Lipinski definition) is 7. The van der Waals surface area contributed by atoms with Gasteiger partial charge in [-0.3, -0.25) is 14.9 Å². The lowest BCUT2D eigenvalue weighted by Crippen LogP contribution is -2.11. The van der Waals surface area contributed by atoms with E-state index in [-0.39, 0.29) is 10.7 Å². The number of non-ortho nitro benzene ring substituents is 1. The summed E-state index contributed by atoms with van der Waals surface area (Å²) in [5.74, 6) is -0.447. The molecule has 0 saturated heterocycles. The van der Waals surface area contributed by atoms with E-state index in [4.69, 9.17) is 0 Å². The van der Waals surface area contributed by atoms with Crippen LogP contribution in [0.4, 0.5) is 16.5 Å². The summed E-state index contributed by atoms with van der Waals surface area (Å²) in [5.41, 5.74) is 0.253. The molecule has 2 rings (SSSR count). The number of nitro benzene ring substituents is 1. The van der Waals surface area contributed by atoms with Gasteiger partial charge in [-0.1, -0.05) is 24.3 Å². The molecule has 0 aliphatic heterocycles. The molecule has 2 aromatic rings. The van der Waals surface area contributed by atoms with Crippen molar-refractivity contribution in [1.29, 1.82) is 0 Å². The molecule has 0 aliphatic rings. The molecule has 0 unspecified atom stereocenters. The van der Waals surface area contributed by atoms with Crippen LogP contribution in [0.15, 0.2) is 24.3 Å². The molecule has 1 amide bonds.